The van der Waals surface area contributed by atoms with Crippen LogP contribution in [-0.4, -0.2) is 62.1 Å². The Bertz CT molecular complexity index is 902. The van der Waals surface area contributed by atoms with E-state index in [1.54, 1.807) is 11.8 Å². The van der Waals surface area contributed by atoms with Gasteiger partial charge in [-0.15, -0.1) is 0 Å². The molecule has 9 heteroatoms. The molecule has 0 saturated carbocycles. The minimum atomic E-state index is -1.82. The summed E-state index contributed by atoms with van der Waals surface area (Å²) in [5.74, 6) is -2.95. The molecule has 0 spiro atoms. The predicted octanol–water partition coefficient (Wildman–Crippen LogP) is 1.98. The lowest BCUT2D eigenvalue weighted by molar-refractivity contribution is -0.159. The second-order valence-electron chi connectivity index (χ2n) is 5.94. The fourth-order valence-electron chi connectivity index (χ4n) is 2.57. The molecule has 1 atom stereocenters. The Morgan fingerprint density at radius 3 is 2.36 bits per heavy atom. The van der Waals surface area contributed by atoms with Gasteiger partial charge in [0, 0.05) is 19.2 Å². The highest BCUT2D eigenvalue weighted by Gasteiger charge is 2.23. The number of amidine groups is 1. The average molecular weight is 404 g/mol. The number of aliphatic imine (C=N–C) groups is 1. The van der Waals surface area contributed by atoms with E-state index in [1.165, 1.54) is 6.92 Å². The molecule has 3 N–H and O–H groups in total. The van der Waals surface area contributed by atoms with Gasteiger partial charge in [0.05, 0.1) is 12.6 Å². The summed E-state index contributed by atoms with van der Waals surface area (Å²) in [4.78, 5) is 35.3. The van der Waals surface area contributed by atoms with Gasteiger partial charge in [0.15, 0.2) is 5.17 Å². The van der Waals surface area contributed by atoms with Gasteiger partial charge in [-0.3, -0.25) is 4.79 Å². The number of hydrogen-bond donors (Lipinski definition) is 3. The number of aliphatic hydroxyl groups is 1. The third-order valence-corrected chi connectivity index (χ3v) is 4.84. The number of carboxylic acids is 2. The van der Waals surface area contributed by atoms with E-state index in [1.807, 2.05) is 41.3 Å². The molecule has 0 aliphatic carbocycles. The summed E-state index contributed by atoms with van der Waals surface area (Å²) in [7, 11) is 0. The number of thioether (sulfide) groups is 1. The Labute approximate surface area is 165 Å². The van der Waals surface area contributed by atoms with Crippen LogP contribution < -0.4 is 0 Å². The van der Waals surface area contributed by atoms with Gasteiger partial charge in [0.25, 0.3) is 0 Å². The second kappa shape index (κ2) is 9.86. The minimum Gasteiger partial charge on any atom is -0.473 e. The van der Waals surface area contributed by atoms with Crippen molar-refractivity contribution in [1.82, 2.24) is 4.90 Å². The maximum absolute atomic E-state index is 11.2. The first-order valence-corrected chi connectivity index (χ1v) is 9.36. The third-order valence-electron chi connectivity index (χ3n) is 3.85. The Kier molecular flexibility index (Phi) is 7.53. The van der Waals surface area contributed by atoms with Crippen molar-refractivity contribution in [1.29, 1.82) is 0 Å². The van der Waals surface area contributed by atoms with Gasteiger partial charge in [-0.2, -0.15) is 4.99 Å². The van der Waals surface area contributed by atoms with Gasteiger partial charge in [-0.1, -0.05) is 48.2 Å². The molecule has 1 heterocycles. The monoisotopic (exact) mass is 404 g/mol. The Morgan fingerprint density at radius 1 is 1.11 bits per heavy atom. The Balaban J connectivity index is 0.000000409. The summed E-state index contributed by atoms with van der Waals surface area (Å²) in [5, 5.41) is 28.3. The number of fused-ring (bicyclic) bond motifs is 1. The van der Waals surface area contributed by atoms with Crippen LogP contribution in [0.3, 0.4) is 0 Å². The summed E-state index contributed by atoms with van der Waals surface area (Å²) in [5.41, 5.74) is 0.887. The van der Waals surface area contributed by atoms with Gasteiger partial charge in [-0.25, -0.2) is 9.59 Å². The van der Waals surface area contributed by atoms with E-state index in [2.05, 4.69) is 11.1 Å². The zero-order valence-corrected chi connectivity index (χ0v) is 15.9. The van der Waals surface area contributed by atoms with E-state index in [9.17, 15) is 9.90 Å². The van der Waals surface area contributed by atoms with E-state index >= 15 is 0 Å². The Hall–Kier alpha value is -2.91. The molecule has 1 aliphatic rings. The molecule has 3 rings (SSSR count). The number of amides is 1. The molecule has 148 valence electrons. The van der Waals surface area contributed by atoms with E-state index < -0.39 is 18.0 Å². The first kappa shape index (κ1) is 21.4. The number of aliphatic carboxylic acids is 2. The standard InChI is InChI=1S/C17H18N2O2S.C2H2O4/c1-12(20)18-17-19(8-9-22-17)11-16(21)15-7-6-13-4-2-3-5-14(13)10-15;3-1(4)2(5)6/h2-7,10,16,21H,8-9,11H2,1H3;(H,3,4)(H,5,6). The highest BCUT2D eigenvalue weighted by molar-refractivity contribution is 8.14. The first-order valence-electron chi connectivity index (χ1n) is 8.38. The molecular formula is C19H20N2O6S. The third kappa shape index (κ3) is 6.07. The SMILES string of the molecule is CC(=O)N=C1SCCN1CC(O)c1ccc2ccccc2c1.O=C(O)C(=O)O. The maximum Gasteiger partial charge on any atom is 0.414 e. The number of benzene rings is 2. The van der Waals surface area contributed by atoms with Gasteiger partial charge >= 0.3 is 11.9 Å². The number of aliphatic hydroxyl groups excluding tert-OH is 1. The fourth-order valence-corrected chi connectivity index (χ4v) is 3.61. The Morgan fingerprint density at radius 2 is 1.75 bits per heavy atom. The van der Waals surface area contributed by atoms with Crippen LogP contribution in [0.15, 0.2) is 47.5 Å². The quantitative estimate of drug-likeness (QED) is 0.663. The smallest absolute Gasteiger partial charge is 0.414 e. The highest BCUT2D eigenvalue weighted by Crippen LogP contribution is 2.24. The predicted molar refractivity (Wildman–Crippen MR) is 106 cm³/mol. The van der Waals surface area contributed by atoms with E-state index in [0.717, 1.165) is 28.6 Å². The molecule has 1 fully saturated rings. The van der Waals surface area contributed by atoms with E-state index in [-0.39, 0.29) is 5.91 Å². The van der Waals surface area contributed by atoms with Crippen molar-refractivity contribution in [3.8, 4) is 0 Å². The largest absolute Gasteiger partial charge is 0.473 e. The van der Waals surface area contributed by atoms with E-state index in [0.29, 0.717) is 11.7 Å². The summed E-state index contributed by atoms with van der Waals surface area (Å²) in [6.45, 7) is 2.71. The first-order chi connectivity index (χ1) is 13.3. The number of hydrogen-bond acceptors (Lipinski definition) is 5. The molecule has 1 amide bonds. The highest BCUT2D eigenvalue weighted by atomic mass is 32.2. The van der Waals surface area contributed by atoms with Crippen LogP contribution in [0, 0.1) is 0 Å². The van der Waals surface area contributed by atoms with Gasteiger partial charge < -0.3 is 20.2 Å². The number of carboxylic acid groups (broad SMARTS) is 2. The maximum atomic E-state index is 11.2. The van der Waals surface area contributed by atoms with Crippen LogP contribution in [0.1, 0.15) is 18.6 Å². The van der Waals surface area contributed by atoms with Crippen molar-refractivity contribution in [3.63, 3.8) is 0 Å². The molecule has 1 saturated heterocycles. The molecule has 2 aromatic rings. The number of β-amino-alcohol motifs (C(OH)–C–C–N with tert-alkyl or cyclic N) is 1. The molecule has 0 bridgehead atoms. The van der Waals surface area contributed by atoms with Gasteiger partial charge in [0.2, 0.25) is 5.91 Å². The summed E-state index contributed by atoms with van der Waals surface area (Å²) in [6, 6.07) is 14.1. The summed E-state index contributed by atoms with van der Waals surface area (Å²) < 4.78 is 0. The number of nitrogens with zero attached hydrogens (tertiary/aromatic N) is 2. The molecule has 2 aromatic carbocycles. The lowest BCUT2D eigenvalue weighted by atomic mass is 10.0. The van der Waals surface area contributed by atoms with Crippen molar-refractivity contribution in [2.45, 2.75) is 13.0 Å². The van der Waals surface area contributed by atoms with Crippen LogP contribution in [0.2, 0.25) is 0 Å². The van der Waals surface area contributed by atoms with Crippen molar-refractivity contribution >= 4 is 45.5 Å². The lowest BCUT2D eigenvalue weighted by Gasteiger charge is -2.21. The molecule has 8 nitrogen and oxygen atoms in total. The fraction of sp³-hybridized carbons (Fsp3) is 0.263. The number of carbonyl (C=O) groups is 3. The topological polar surface area (TPSA) is 128 Å². The van der Waals surface area contributed by atoms with Crippen LogP contribution >= 0.6 is 11.8 Å². The number of rotatable bonds is 3. The molecule has 28 heavy (non-hydrogen) atoms. The van der Waals surface area contributed by atoms with Crippen LogP contribution in [0.5, 0.6) is 0 Å². The van der Waals surface area contributed by atoms with Gasteiger partial charge in [0.1, 0.15) is 0 Å². The summed E-state index contributed by atoms with van der Waals surface area (Å²) in [6.07, 6.45) is -0.597. The lowest BCUT2D eigenvalue weighted by Crippen LogP contribution is -2.30. The van der Waals surface area contributed by atoms with Gasteiger partial charge in [-0.05, 0) is 22.4 Å². The zero-order valence-electron chi connectivity index (χ0n) is 15.1. The van der Waals surface area contributed by atoms with Crippen LogP contribution in [0.25, 0.3) is 10.8 Å². The zero-order chi connectivity index (χ0) is 20.7. The van der Waals surface area contributed by atoms with Crippen LogP contribution in [0.4, 0.5) is 0 Å². The molecule has 1 unspecified atom stereocenters. The molecule has 0 radical (unpaired) electrons. The average Bonchev–Trinajstić information content (AvgIpc) is 3.07. The van der Waals surface area contributed by atoms with Crippen molar-refractivity contribution in [2.75, 3.05) is 18.8 Å². The van der Waals surface area contributed by atoms with Crippen molar-refractivity contribution in [3.05, 3.63) is 48.0 Å². The second-order valence-corrected chi connectivity index (χ2v) is 7.00. The molecule has 1 aliphatic heterocycles. The number of carbonyl (C=O) groups excluding carboxylic acids is 1. The van der Waals surface area contributed by atoms with E-state index in [4.69, 9.17) is 19.8 Å². The minimum absolute atomic E-state index is 0.199. The van der Waals surface area contributed by atoms with Crippen molar-refractivity contribution in [2.24, 2.45) is 4.99 Å². The molecular weight excluding hydrogens is 384 g/mol. The summed E-state index contributed by atoms with van der Waals surface area (Å²) >= 11 is 1.56. The normalized spacial score (nSPS) is 15.8. The van der Waals surface area contributed by atoms with Crippen molar-refractivity contribution < 1.29 is 29.7 Å². The molecule has 0 aromatic heterocycles. The van der Waals surface area contributed by atoms with Crippen LogP contribution in [-0.2, 0) is 14.4 Å².